The second-order valence-corrected chi connectivity index (χ2v) is 6.65. The Hall–Kier alpha value is -3.59. The number of aromatic nitrogens is 2. The van der Waals surface area contributed by atoms with E-state index in [0.29, 0.717) is 24.7 Å². The zero-order valence-electron chi connectivity index (χ0n) is 15.9. The molecule has 0 unspecified atom stereocenters. The van der Waals surface area contributed by atoms with Crippen molar-refractivity contribution in [2.24, 2.45) is 0 Å². The number of rotatable bonds is 5. The largest absolute Gasteiger partial charge is 0.378 e. The van der Waals surface area contributed by atoms with Crippen LogP contribution in [0.3, 0.4) is 0 Å². The molecule has 1 aliphatic rings. The molecule has 1 aromatic heterocycles. The van der Waals surface area contributed by atoms with Gasteiger partial charge in [-0.05, 0) is 36.4 Å². The van der Waals surface area contributed by atoms with Crippen LogP contribution in [-0.2, 0) is 4.74 Å². The predicted octanol–water partition coefficient (Wildman–Crippen LogP) is 3.59. The second kappa shape index (κ2) is 8.83. The molecule has 0 bridgehead atoms. The number of hydrogen-bond acceptors (Lipinski definition) is 6. The highest BCUT2D eigenvalue weighted by molar-refractivity contribution is 6.04. The number of hydrogen-bond donors (Lipinski definition) is 2. The number of anilines is 4. The van der Waals surface area contributed by atoms with E-state index in [-0.39, 0.29) is 0 Å². The molecule has 0 atom stereocenters. The van der Waals surface area contributed by atoms with Crippen LogP contribution in [-0.4, -0.2) is 42.4 Å². The Balaban J connectivity index is 1.42. The molecule has 3 aromatic rings. The molecule has 9 heteroatoms. The van der Waals surface area contributed by atoms with Gasteiger partial charge in [0.1, 0.15) is 17.2 Å². The minimum absolute atomic E-state index is 0.404. The fraction of sp³-hybridized carbons (Fsp3) is 0.190. The Kier molecular flexibility index (Phi) is 5.80. The van der Waals surface area contributed by atoms with Crippen LogP contribution < -0.4 is 15.5 Å². The average Bonchev–Trinajstić information content (AvgIpc) is 2.76. The Morgan fingerprint density at radius 2 is 1.67 bits per heavy atom. The maximum atomic E-state index is 13.7. The Labute approximate surface area is 171 Å². The number of carbonyl (C=O) groups excluding carboxylic acids is 1. The molecule has 0 radical (unpaired) electrons. The summed E-state index contributed by atoms with van der Waals surface area (Å²) in [4.78, 5) is 14.4. The van der Waals surface area contributed by atoms with Gasteiger partial charge in [0.05, 0.1) is 25.1 Å². The first-order valence-electron chi connectivity index (χ1n) is 9.38. The third-order valence-corrected chi connectivity index (χ3v) is 4.62. The summed E-state index contributed by atoms with van der Waals surface area (Å²) in [6.45, 7) is 2.94. The number of nitrogens with zero attached hydrogens (tertiary/aromatic N) is 3. The Morgan fingerprint density at radius 1 is 1.00 bits per heavy atom. The SMILES string of the molecule is O=C(Nc1ccc(Nc2cc(N3CCOCC3)cnn2)cc1)c1c(F)cccc1F. The molecule has 0 aliphatic carbocycles. The quantitative estimate of drug-likeness (QED) is 0.668. The number of amides is 1. The minimum atomic E-state index is -0.912. The topological polar surface area (TPSA) is 79.4 Å². The van der Waals surface area contributed by atoms with Crippen molar-refractivity contribution in [3.8, 4) is 0 Å². The van der Waals surface area contributed by atoms with Crippen LogP contribution in [0.4, 0.5) is 31.7 Å². The highest BCUT2D eigenvalue weighted by Gasteiger charge is 2.17. The zero-order chi connectivity index (χ0) is 20.9. The van der Waals surface area contributed by atoms with Crippen molar-refractivity contribution >= 4 is 28.8 Å². The van der Waals surface area contributed by atoms with E-state index in [1.54, 1.807) is 30.5 Å². The van der Waals surface area contributed by atoms with E-state index in [2.05, 4.69) is 25.7 Å². The Bertz CT molecular complexity index is 1020. The van der Waals surface area contributed by atoms with Gasteiger partial charge in [-0.15, -0.1) is 5.10 Å². The molecule has 2 heterocycles. The maximum Gasteiger partial charge on any atom is 0.261 e. The van der Waals surface area contributed by atoms with Gasteiger partial charge in [0.25, 0.3) is 5.91 Å². The summed E-state index contributed by atoms with van der Waals surface area (Å²) in [7, 11) is 0. The van der Waals surface area contributed by atoms with Gasteiger partial charge < -0.3 is 20.3 Å². The van der Waals surface area contributed by atoms with Gasteiger partial charge >= 0.3 is 0 Å². The second-order valence-electron chi connectivity index (χ2n) is 6.65. The summed E-state index contributed by atoms with van der Waals surface area (Å²) in [5.74, 6) is -2.10. The minimum Gasteiger partial charge on any atom is -0.378 e. The molecule has 2 N–H and O–H groups in total. The smallest absolute Gasteiger partial charge is 0.261 e. The highest BCUT2D eigenvalue weighted by atomic mass is 19.1. The Morgan fingerprint density at radius 3 is 2.37 bits per heavy atom. The van der Waals surface area contributed by atoms with Crippen LogP contribution in [0.5, 0.6) is 0 Å². The number of nitrogens with one attached hydrogen (secondary N) is 2. The summed E-state index contributed by atoms with van der Waals surface area (Å²) >= 11 is 0. The lowest BCUT2D eigenvalue weighted by molar-refractivity contribution is 0.101. The van der Waals surface area contributed by atoms with Gasteiger partial charge in [-0.3, -0.25) is 4.79 Å². The van der Waals surface area contributed by atoms with E-state index in [0.717, 1.165) is 36.6 Å². The maximum absolute atomic E-state index is 13.7. The monoisotopic (exact) mass is 411 g/mol. The fourth-order valence-corrected chi connectivity index (χ4v) is 3.11. The van der Waals surface area contributed by atoms with Crippen molar-refractivity contribution in [1.29, 1.82) is 0 Å². The summed E-state index contributed by atoms with van der Waals surface area (Å²) in [6.07, 6.45) is 1.71. The molecule has 4 rings (SSSR count). The molecule has 1 fully saturated rings. The van der Waals surface area contributed by atoms with Gasteiger partial charge in [-0.1, -0.05) is 6.07 Å². The van der Waals surface area contributed by atoms with E-state index in [1.165, 1.54) is 6.07 Å². The summed E-state index contributed by atoms with van der Waals surface area (Å²) in [5, 5.41) is 13.8. The molecule has 2 aromatic carbocycles. The van der Waals surface area contributed by atoms with Crippen molar-refractivity contribution in [2.75, 3.05) is 41.8 Å². The van der Waals surface area contributed by atoms with E-state index in [1.807, 2.05) is 6.07 Å². The first kappa shape index (κ1) is 19.7. The molecule has 1 saturated heterocycles. The van der Waals surface area contributed by atoms with Gasteiger partial charge in [0, 0.05) is 30.5 Å². The number of ether oxygens (including phenoxy) is 1. The van der Waals surface area contributed by atoms with Gasteiger partial charge in [-0.2, -0.15) is 5.10 Å². The summed E-state index contributed by atoms with van der Waals surface area (Å²) in [6, 6.07) is 11.9. The van der Waals surface area contributed by atoms with Crippen molar-refractivity contribution in [3.63, 3.8) is 0 Å². The molecule has 0 saturated carbocycles. The average molecular weight is 411 g/mol. The molecule has 154 valence electrons. The predicted molar refractivity (Wildman–Crippen MR) is 109 cm³/mol. The van der Waals surface area contributed by atoms with Gasteiger partial charge in [-0.25, -0.2) is 8.78 Å². The van der Waals surface area contributed by atoms with E-state index in [4.69, 9.17) is 4.74 Å². The van der Waals surface area contributed by atoms with Crippen LogP contribution in [0.1, 0.15) is 10.4 Å². The molecular formula is C21H19F2N5O2. The standard InChI is InChI=1S/C21H19F2N5O2/c22-17-2-1-3-18(23)20(17)21(29)26-15-6-4-14(5-7-15)25-19-12-16(13-24-27-19)28-8-10-30-11-9-28/h1-7,12-13H,8-11H2,(H,25,27)(H,26,29). The van der Waals surface area contributed by atoms with Crippen molar-refractivity contribution < 1.29 is 18.3 Å². The van der Waals surface area contributed by atoms with Gasteiger partial charge in [0.15, 0.2) is 5.82 Å². The lowest BCUT2D eigenvalue weighted by Crippen LogP contribution is -2.36. The van der Waals surface area contributed by atoms with Crippen molar-refractivity contribution in [2.45, 2.75) is 0 Å². The lowest BCUT2D eigenvalue weighted by atomic mass is 10.1. The van der Waals surface area contributed by atoms with Crippen LogP contribution in [0.15, 0.2) is 54.7 Å². The number of morpholine rings is 1. The summed E-state index contributed by atoms with van der Waals surface area (Å²) < 4.78 is 32.8. The summed E-state index contributed by atoms with van der Waals surface area (Å²) in [5.41, 5.74) is 1.46. The van der Waals surface area contributed by atoms with Crippen molar-refractivity contribution in [3.05, 3.63) is 71.9 Å². The van der Waals surface area contributed by atoms with E-state index in [9.17, 15) is 13.6 Å². The number of benzene rings is 2. The van der Waals surface area contributed by atoms with E-state index < -0.39 is 23.1 Å². The zero-order valence-corrected chi connectivity index (χ0v) is 15.9. The van der Waals surface area contributed by atoms with Crippen LogP contribution in [0.25, 0.3) is 0 Å². The van der Waals surface area contributed by atoms with Crippen molar-refractivity contribution in [1.82, 2.24) is 10.2 Å². The first-order valence-corrected chi connectivity index (χ1v) is 9.38. The van der Waals surface area contributed by atoms with Crippen LogP contribution >= 0.6 is 0 Å². The first-order chi connectivity index (χ1) is 14.6. The van der Waals surface area contributed by atoms with Crippen LogP contribution in [0.2, 0.25) is 0 Å². The molecule has 0 spiro atoms. The normalized spacial score (nSPS) is 13.7. The molecular weight excluding hydrogens is 392 g/mol. The third kappa shape index (κ3) is 4.52. The fourth-order valence-electron chi connectivity index (χ4n) is 3.11. The lowest BCUT2D eigenvalue weighted by Gasteiger charge is -2.28. The van der Waals surface area contributed by atoms with Gasteiger partial charge in [0.2, 0.25) is 0 Å². The molecule has 7 nitrogen and oxygen atoms in total. The number of carbonyl (C=O) groups is 1. The third-order valence-electron chi connectivity index (χ3n) is 4.62. The molecule has 30 heavy (non-hydrogen) atoms. The molecule has 1 aliphatic heterocycles. The molecule has 1 amide bonds. The number of halogens is 2. The van der Waals surface area contributed by atoms with Crippen LogP contribution in [0, 0.1) is 11.6 Å². The van der Waals surface area contributed by atoms with E-state index >= 15 is 0 Å². The highest BCUT2D eigenvalue weighted by Crippen LogP contribution is 2.22.